The molecule has 1 atom stereocenters. The number of carboxylic acids is 2. The number of carbonyl (C=O) groups is 2. The number of aliphatic hydroxyl groups excluding tert-OH is 1. The van der Waals surface area contributed by atoms with Gasteiger partial charge in [-0.2, -0.15) is 0 Å². The average molecular weight is 252 g/mol. The molecule has 0 fully saturated rings. The van der Waals surface area contributed by atoms with Gasteiger partial charge < -0.3 is 20.8 Å². The van der Waals surface area contributed by atoms with E-state index in [1.54, 1.807) is 0 Å². The molecular formula is C5H16Ca2O6. The van der Waals surface area contributed by atoms with Crippen molar-refractivity contribution in [1.29, 1.82) is 0 Å². The summed E-state index contributed by atoms with van der Waals surface area (Å²) in [5.41, 5.74) is 0. The van der Waals surface area contributed by atoms with Crippen LogP contribution >= 0.6 is 0 Å². The first kappa shape index (κ1) is 29.3. The van der Waals surface area contributed by atoms with Gasteiger partial charge in [-0.1, -0.05) is 0 Å². The van der Waals surface area contributed by atoms with E-state index in [1.807, 2.05) is 0 Å². The summed E-state index contributed by atoms with van der Waals surface area (Å²) in [5, 5.41) is 23.2. The molecular weight excluding hydrogens is 236 g/mol. The maximum absolute atomic E-state index is 9.45. The van der Waals surface area contributed by atoms with Gasteiger partial charge in [0.25, 0.3) is 5.97 Å². The third-order valence-corrected chi connectivity index (χ3v) is 0.357. The van der Waals surface area contributed by atoms with Gasteiger partial charge in [0, 0.05) is 6.92 Å². The maximum atomic E-state index is 9.45. The fourth-order valence-electron chi connectivity index (χ4n) is 0. The molecule has 8 heteroatoms. The van der Waals surface area contributed by atoms with Crippen molar-refractivity contribution in [2.75, 3.05) is 0 Å². The van der Waals surface area contributed by atoms with Gasteiger partial charge >= 0.3 is 81.4 Å². The summed E-state index contributed by atoms with van der Waals surface area (Å²) >= 11 is 0. The topological polar surface area (TPSA) is 126 Å². The van der Waals surface area contributed by atoms with Crippen LogP contribution < -0.4 is 0 Å². The molecule has 5 N–H and O–H groups in total. The van der Waals surface area contributed by atoms with E-state index in [-0.39, 0.29) is 81.0 Å². The predicted molar refractivity (Wildman–Crippen MR) is 53.3 cm³/mol. The van der Waals surface area contributed by atoms with Gasteiger partial charge in [-0.15, -0.1) is 0 Å². The Bertz CT molecular complexity index is 122. The van der Waals surface area contributed by atoms with Crippen LogP contribution in [0.25, 0.3) is 0 Å². The number of aliphatic carboxylic acids is 2. The molecule has 0 heterocycles. The fraction of sp³-hybridized carbons (Fsp3) is 0.600. The van der Waals surface area contributed by atoms with Crippen LogP contribution in [0.1, 0.15) is 13.8 Å². The number of carboxylic acid groups (broad SMARTS) is 2. The van der Waals surface area contributed by atoms with Crippen molar-refractivity contribution in [3.05, 3.63) is 0 Å². The van der Waals surface area contributed by atoms with E-state index in [1.165, 1.54) is 6.92 Å². The summed E-state index contributed by atoms with van der Waals surface area (Å²) in [6.45, 7) is 2.28. The Hall–Kier alpha value is 1.38. The van der Waals surface area contributed by atoms with Crippen LogP contribution in [0.15, 0.2) is 0 Å². The predicted octanol–water partition coefficient (Wildman–Crippen LogP) is -3.11. The summed E-state index contributed by atoms with van der Waals surface area (Å²) in [6, 6.07) is 0. The SMILES string of the molecule is CC(=O)O.CC(O)C(=O)O.O.[CaH2].[CaH2]. The zero-order valence-electron chi connectivity index (χ0n) is 6.24. The van der Waals surface area contributed by atoms with E-state index in [2.05, 4.69) is 0 Å². The van der Waals surface area contributed by atoms with Gasteiger partial charge in [-0.05, 0) is 6.92 Å². The van der Waals surface area contributed by atoms with Crippen molar-refractivity contribution in [3.8, 4) is 0 Å². The minimum atomic E-state index is -1.23. The van der Waals surface area contributed by atoms with Crippen molar-refractivity contribution >= 4 is 87.4 Å². The van der Waals surface area contributed by atoms with Crippen LogP contribution in [0.2, 0.25) is 0 Å². The number of hydrogen-bond donors (Lipinski definition) is 3. The Morgan fingerprint density at radius 2 is 1.23 bits per heavy atom. The summed E-state index contributed by atoms with van der Waals surface area (Å²) in [4.78, 5) is 18.4. The molecule has 0 amide bonds. The molecule has 0 aromatic rings. The second-order valence-electron chi connectivity index (χ2n) is 1.53. The Balaban J connectivity index is -0.0000000279. The van der Waals surface area contributed by atoms with Crippen molar-refractivity contribution in [2.24, 2.45) is 0 Å². The third kappa shape index (κ3) is 59.9. The molecule has 0 bridgehead atoms. The molecule has 6 nitrogen and oxygen atoms in total. The Kier molecular flexibility index (Phi) is 42.8. The van der Waals surface area contributed by atoms with Crippen molar-refractivity contribution < 1.29 is 30.4 Å². The quantitative estimate of drug-likeness (QED) is 0.426. The number of aliphatic hydroxyl groups is 1. The van der Waals surface area contributed by atoms with Crippen molar-refractivity contribution in [3.63, 3.8) is 0 Å². The summed E-state index contributed by atoms with van der Waals surface area (Å²) in [7, 11) is 0. The molecule has 0 aliphatic rings. The third-order valence-electron chi connectivity index (χ3n) is 0.357. The first-order valence-corrected chi connectivity index (χ1v) is 2.48. The monoisotopic (exact) mass is 252 g/mol. The number of hydrogen-bond acceptors (Lipinski definition) is 3. The van der Waals surface area contributed by atoms with Crippen LogP contribution in [0.5, 0.6) is 0 Å². The van der Waals surface area contributed by atoms with Crippen LogP contribution in [0.4, 0.5) is 0 Å². The van der Waals surface area contributed by atoms with E-state index in [9.17, 15) is 4.79 Å². The van der Waals surface area contributed by atoms with E-state index in [4.69, 9.17) is 20.1 Å². The van der Waals surface area contributed by atoms with Crippen LogP contribution in [0, 0.1) is 0 Å². The summed E-state index contributed by atoms with van der Waals surface area (Å²) in [6.07, 6.45) is -1.23. The minimum absolute atomic E-state index is 0. The first-order chi connectivity index (χ1) is 4.37. The molecule has 0 saturated heterocycles. The van der Waals surface area contributed by atoms with Gasteiger partial charge in [0.2, 0.25) is 0 Å². The molecule has 0 aliphatic heterocycles. The molecule has 0 saturated carbocycles. The van der Waals surface area contributed by atoms with E-state index in [0.717, 1.165) is 6.92 Å². The fourth-order valence-corrected chi connectivity index (χ4v) is 0. The Labute approximate surface area is 136 Å². The van der Waals surface area contributed by atoms with Gasteiger partial charge in [-0.3, -0.25) is 4.79 Å². The average Bonchev–Trinajstić information content (AvgIpc) is 1.63. The van der Waals surface area contributed by atoms with Crippen molar-refractivity contribution in [1.82, 2.24) is 0 Å². The second kappa shape index (κ2) is 19.0. The molecule has 0 radical (unpaired) electrons. The molecule has 0 aliphatic carbocycles. The Morgan fingerprint density at radius 3 is 1.23 bits per heavy atom. The molecule has 0 aromatic heterocycles. The zero-order valence-corrected chi connectivity index (χ0v) is 6.24. The second-order valence-corrected chi connectivity index (χ2v) is 1.53. The normalized spacial score (nSPS) is 8.23. The van der Waals surface area contributed by atoms with Crippen molar-refractivity contribution in [2.45, 2.75) is 20.0 Å². The summed E-state index contributed by atoms with van der Waals surface area (Å²) in [5.74, 6) is -2.02. The van der Waals surface area contributed by atoms with E-state index in [0.29, 0.717) is 0 Å². The van der Waals surface area contributed by atoms with Crippen LogP contribution in [-0.4, -0.2) is 114 Å². The van der Waals surface area contributed by atoms with Gasteiger partial charge in [-0.25, -0.2) is 4.79 Å². The zero-order chi connectivity index (χ0) is 8.73. The van der Waals surface area contributed by atoms with Crippen LogP contribution in [-0.2, 0) is 9.59 Å². The van der Waals surface area contributed by atoms with E-state index >= 15 is 0 Å². The number of rotatable bonds is 1. The van der Waals surface area contributed by atoms with Crippen LogP contribution in [0.3, 0.4) is 0 Å². The van der Waals surface area contributed by atoms with Gasteiger partial charge in [0.15, 0.2) is 0 Å². The van der Waals surface area contributed by atoms with Gasteiger partial charge in [0.05, 0.1) is 0 Å². The Morgan fingerprint density at radius 1 is 1.15 bits per heavy atom. The van der Waals surface area contributed by atoms with Gasteiger partial charge in [0.1, 0.15) is 6.10 Å². The standard InChI is InChI=1S/C3H6O3.C2H4O2.2Ca.H2O.4H/c1-2(4)3(5)6;1-2(3)4;;;;;;;/h2,4H,1H3,(H,5,6);1H3,(H,3,4);;;1H2;;;;. The molecule has 76 valence electrons. The molecule has 0 aromatic carbocycles. The first-order valence-electron chi connectivity index (χ1n) is 2.48. The molecule has 1 unspecified atom stereocenters. The van der Waals surface area contributed by atoms with E-state index < -0.39 is 18.0 Å². The molecule has 0 rings (SSSR count). The molecule has 0 spiro atoms. The molecule has 13 heavy (non-hydrogen) atoms. The summed E-state index contributed by atoms with van der Waals surface area (Å²) < 4.78 is 0.